The van der Waals surface area contributed by atoms with Crippen molar-refractivity contribution in [3.63, 3.8) is 0 Å². The average molecular weight is 243 g/mol. The van der Waals surface area contributed by atoms with E-state index in [1.165, 1.54) is 4.90 Å². The molecule has 0 aliphatic carbocycles. The number of aliphatic hydroxyl groups is 1. The van der Waals surface area contributed by atoms with Crippen LogP contribution in [0.3, 0.4) is 0 Å². The first-order chi connectivity index (χ1) is 7.81. The van der Waals surface area contributed by atoms with Crippen molar-refractivity contribution in [3.05, 3.63) is 0 Å². The van der Waals surface area contributed by atoms with Crippen LogP contribution in [0.15, 0.2) is 0 Å². The van der Waals surface area contributed by atoms with Gasteiger partial charge in [-0.2, -0.15) is 0 Å². The molecule has 1 fully saturated rings. The number of nitrogens with zero attached hydrogens (tertiary/aromatic N) is 1. The molecule has 17 heavy (non-hydrogen) atoms. The number of amides is 2. The number of ether oxygens (including phenoxy) is 1. The second-order valence-corrected chi connectivity index (χ2v) is 5.15. The molecule has 2 unspecified atom stereocenters. The smallest absolute Gasteiger partial charge is 0.408 e. The van der Waals surface area contributed by atoms with E-state index < -0.39 is 23.8 Å². The Bertz CT molecular complexity index is 288. The summed E-state index contributed by atoms with van der Waals surface area (Å²) in [5.41, 5.74) is -0.583. The van der Waals surface area contributed by atoms with Crippen LogP contribution in [0.2, 0.25) is 0 Å². The van der Waals surface area contributed by atoms with Crippen molar-refractivity contribution in [1.29, 1.82) is 0 Å². The van der Waals surface area contributed by atoms with Crippen LogP contribution < -0.4 is 5.32 Å². The summed E-state index contributed by atoms with van der Waals surface area (Å²) in [5.74, 6) is 0. The molecule has 0 aromatic carbocycles. The molecule has 6 heteroatoms. The minimum absolute atomic E-state index is 0.254. The monoisotopic (exact) mass is 243 g/mol. The van der Waals surface area contributed by atoms with E-state index in [2.05, 4.69) is 5.32 Å². The second-order valence-electron chi connectivity index (χ2n) is 5.15. The molecule has 0 bridgehead atoms. The predicted molar refractivity (Wildman–Crippen MR) is 61.0 cm³/mol. The first-order valence-electron chi connectivity index (χ1n) is 5.62. The Morgan fingerprint density at radius 2 is 2.18 bits per heavy atom. The molecule has 0 spiro atoms. The van der Waals surface area contributed by atoms with Gasteiger partial charge in [-0.1, -0.05) is 0 Å². The summed E-state index contributed by atoms with van der Waals surface area (Å²) in [6, 6.07) is -0.500. The SMILES string of the molecule is CC(C)(C)OC(=O)NC1CN([C]=O)CCC1O. The van der Waals surface area contributed by atoms with Gasteiger partial charge in [0.25, 0.3) is 0 Å². The Morgan fingerprint density at radius 1 is 1.53 bits per heavy atom. The van der Waals surface area contributed by atoms with Crippen LogP contribution >= 0.6 is 0 Å². The van der Waals surface area contributed by atoms with Crippen molar-refractivity contribution in [2.45, 2.75) is 44.9 Å². The Balaban J connectivity index is 2.48. The van der Waals surface area contributed by atoms with Crippen molar-refractivity contribution >= 4 is 12.5 Å². The molecule has 1 heterocycles. The molecule has 0 aromatic heterocycles. The van der Waals surface area contributed by atoms with Gasteiger partial charge >= 0.3 is 12.5 Å². The molecule has 2 amide bonds. The van der Waals surface area contributed by atoms with E-state index in [0.717, 1.165) is 0 Å². The Morgan fingerprint density at radius 3 is 2.71 bits per heavy atom. The Hall–Kier alpha value is -1.30. The third kappa shape index (κ3) is 4.60. The van der Waals surface area contributed by atoms with E-state index in [9.17, 15) is 14.7 Å². The minimum atomic E-state index is -0.660. The Kier molecular flexibility index (Phi) is 4.34. The lowest BCUT2D eigenvalue weighted by Crippen LogP contribution is -2.55. The number of aliphatic hydroxyl groups excluding tert-OH is 1. The van der Waals surface area contributed by atoms with E-state index in [0.29, 0.717) is 13.0 Å². The van der Waals surface area contributed by atoms with Crippen molar-refractivity contribution in [1.82, 2.24) is 10.2 Å². The normalized spacial score (nSPS) is 25.3. The highest BCUT2D eigenvalue weighted by atomic mass is 16.6. The zero-order valence-corrected chi connectivity index (χ0v) is 10.4. The van der Waals surface area contributed by atoms with Crippen molar-refractivity contribution < 1.29 is 19.4 Å². The lowest BCUT2D eigenvalue weighted by Gasteiger charge is -2.34. The maximum atomic E-state index is 11.5. The van der Waals surface area contributed by atoms with Crippen LogP contribution in [0, 0.1) is 0 Å². The maximum absolute atomic E-state index is 11.5. The van der Waals surface area contributed by atoms with Gasteiger partial charge in [0.05, 0.1) is 12.1 Å². The first kappa shape index (κ1) is 13.8. The fourth-order valence-electron chi connectivity index (χ4n) is 1.62. The number of hydrogen-bond acceptors (Lipinski definition) is 4. The summed E-state index contributed by atoms with van der Waals surface area (Å²) >= 11 is 0. The van der Waals surface area contributed by atoms with Gasteiger partial charge in [0.2, 0.25) is 0 Å². The van der Waals surface area contributed by atoms with E-state index in [1.54, 1.807) is 27.2 Å². The van der Waals surface area contributed by atoms with Gasteiger partial charge in [0, 0.05) is 13.1 Å². The Labute approximate surface area is 101 Å². The molecule has 0 aromatic rings. The highest BCUT2D eigenvalue weighted by Crippen LogP contribution is 2.11. The lowest BCUT2D eigenvalue weighted by molar-refractivity contribution is 0.0311. The molecular formula is C11H19N2O4. The molecule has 2 atom stereocenters. The second kappa shape index (κ2) is 5.35. The van der Waals surface area contributed by atoms with Gasteiger partial charge in [-0.15, -0.1) is 0 Å². The van der Waals surface area contributed by atoms with Gasteiger partial charge in [0.1, 0.15) is 5.60 Å². The van der Waals surface area contributed by atoms with E-state index >= 15 is 0 Å². The predicted octanol–water partition coefficient (Wildman–Crippen LogP) is 0.0135. The standard InChI is InChI=1S/C11H19N2O4/c1-11(2,3)17-10(16)12-8-6-13(7-14)5-4-9(8)15/h8-9,15H,4-6H2,1-3H3,(H,12,16). The highest BCUT2D eigenvalue weighted by Gasteiger charge is 2.30. The molecule has 2 N–H and O–H groups in total. The number of rotatable bonds is 2. The summed E-state index contributed by atoms with van der Waals surface area (Å²) in [7, 11) is 0. The molecule has 1 aliphatic rings. The van der Waals surface area contributed by atoms with Crippen LogP contribution in [0.1, 0.15) is 27.2 Å². The summed E-state index contributed by atoms with van der Waals surface area (Å²) in [4.78, 5) is 23.4. The van der Waals surface area contributed by atoms with E-state index in [-0.39, 0.29) is 6.54 Å². The zero-order chi connectivity index (χ0) is 13.1. The molecule has 97 valence electrons. The van der Waals surface area contributed by atoms with Crippen LogP contribution in [0.25, 0.3) is 0 Å². The van der Waals surface area contributed by atoms with Crippen LogP contribution in [-0.2, 0) is 9.53 Å². The molecular weight excluding hydrogens is 224 g/mol. The first-order valence-corrected chi connectivity index (χ1v) is 5.62. The number of nitrogens with one attached hydrogen (secondary N) is 1. The summed E-state index contributed by atoms with van der Waals surface area (Å²) in [6.07, 6.45) is 0.934. The minimum Gasteiger partial charge on any atom is -0.444 e. The number of carbonyl (C=O) groups excluding carboxylic acids is 2. The topological polar surface area (TPSA) is 78.9 Å². The largest absolute Gasteiger partial charge is 0.444 e. The maximum Gasteiger partial charge on any atom is 0.408 e. The lowest BCUT2D eigenvalue weighted by atomic mass is 10.0. The number of hydrogen-bond donors (Lipinski definition) is 2. The zero-order valence-electron chi connectivity index (χ0n) is 10.4. The van der Waals surface area contributed by atoms with E-state index in [4.69, 9.17) is 4.74 Å². The molecule has 1 saturated heterocycles. The molecule has 1 radical (unpaired) electrons. The molecule has 1 aliphatic heterocycles. The number of alkyl carbamates (subject to hydrolysis) is 1. The average Bonchev–Trinajstić information content (AvgIpc) is 2.18. The summed E-state index contributed by atoms with van der Waals surface area (Å²) in [6.45, 7) is 5.99. The van der Waals surface area contributed by atoms with Gasteiger partial charge in [-0.25, -0.2) is 4.79 Å². The van der Waals surface area contributed by atoms with Gasteiger partial charge in [-0.3, -0.25) is 4.79 Å². The fraction of sp³-hybridized carbons (Fsp3) is 0.818. The highest BCUT2D eigenvalue weighted by molar-refractivity contribution is 5.68. The third-order valence-corrected chi connectivity index (χ3v) is 2.41. The fourth-order valence-corrected chi connectivity index (χ4v) is 1.62. The molecule has 0 saturated carbocycles. The van der Waals surface area contributed by atoms with E-state index in [1.807, 2.05) is 0 Å². The van der Waals surface area contributed by atoms with Crippen LogP contribution in [-0.4, -0.2) is 53.3 Å². The van der Waals surface area contributed by atoms with Crippen molar-refractivity contribution in [2.24, 2.45) is 0 Å². The van der Waals surface area contributed by atoms with Gasteiger partial charge in [-0.05, 0) is 27.2 Å². The number of piperidine rings is 1. The van der Waals surface area contributed by atoms with Crippen molar-refractivity contribution in [2.75, 3.05) is 13.1 Å². The number of carbonyl (C=O) groups is 1. The van der Waals surface area contributed by atoms with Gasteiger partial charge < -0.3 is 20.1 Å². The third-order valence-electron chi connectivity index (χ3n) is 2.41. The van der Waals surface area contributed by atoms with Crippen molar-refractivity contribution in [3.8, 4) is 0 Å². The molecule has 6 nitrogen and oxygen atoms in total. The molecule has 1 rings (SSSR count). The number of likely N-dealkylation sites (tertiary alicyclic amines) is 1. The van der Waals surface area contributed by atoms with Crippen LogP contribution in [0.4, 0.5) is 4.79 Å². The van der Waals surface area contributed by atoms with Gasteiger partial charge in [0.15, 0.2) is 0 Å². The van der Waals surface area contributed by atoms with Crippen LogP contribution in [0.5, 0.6) is 0 Å². The summed E-state index contributed by atoms with van der Waals surface area (Å²) in [5, 5.41) is 12.3. The quantitative estimate of drug-likeness (QED) is 0.716. The summed E-state index contributed by atoms with van der Waals surface area (Å²) < 4.78 is 5.08.